The smallest absolute Gasteiger partial charge is 0.412 e. The van der Waals surface area contributed by atoms with Crippen LogP contribution in [0.5, 0.6) is 0 Å². The number of benzene rings is 1. The lowest BCUT2D eigenvalue weighted by Gasteiger charge is -2.35. The Morgan fingerprint density at radius 1 is 1.25 bits per heavy atom. The molecule has 2 N–H and O–H groups in total. The molecule has 0 radical (unpaired) electrons. The van der Waals surface area contributed by atoms with Gasteiger partial charge in [-0.1, -0.05) is 30.3 Å². The number of carbonyl (C=O) groups is 2. The van der Waals surface area contributed by atoms with Crippen LogP contribution in [0.15, 0.2) is 30.3 Å². The standard InChI is InChI=1S/C21H31NO6/c1-13(18(24)25)16(23)17-15(12-14-10-8-7-9-11-14)22(21(5,6)27-17)19(26)28-20(2,3)4/h7-11,13,15-17,23H,12H2,1-6H3,(H,24,25)/t13-,15+,16-,17-/m1/s1. The molecule has 7 heteroatoms. The van der Waals surface area contributed by atoms with Crippen LogP contribution in [0.25, 0.3) is 0 Å². The van der Waals surface area contributed by atoms with Gasteiger partial charge in [0.2, 0.25) is 0 Å². The lowest BCUT2D eigenvalue weighted by atomic mass is 9.91. The Bertz CT molecular complexity index is 697. The number of aliphatic hydroxyl groups excluding tert-OH is 1. The summed E-state index contributed by atoms with van der Waals surface area (Å²) in [6.07, 6.45) is -2.31. The van der Waals surface area contributed by atoms with Gasteiger partial charge < -0.3 is 19.7 Å². The highest BCUT2D eigenvalue weighted by atomic mass is 16.6. The molecule has 1 aliphatic heterocycles. The van der Waals surface area contributed by atoms with E-state index in [0.29, 0.717) is 6.42 Å². The predicted octanol–water partition coefficient (Wildman–Crippen LogP) is 3.05. The number of ether oxygens (including phenoxy) is 2. The number of carbonyl (C=O) groups excluding carboxylic acids is 1. The fraction of sp³-hybridized carbons (Fsp3) is 0.619. The van der Waals surface area contributed by atoms with Crippen molar-refractivity contribution >= 4 is 12.1 Å². The summed E-state index contributed by atoms with van der Waals surface area (Å²) in [5.41, 5.74) is -0.816. The summed E-state index contributed by atoms with van der Waals surface area (Å²) in [5.74, 6) is -2.17. The van der Waals surface area contributed by atoms with Crippen LogP contribution in [-0.4, -0.2) is 56.8 Å². The van der Waals surface area contributed by atoms with Crippen molar-refractivity contribution in [2.24, 2.45) is 5.92 Å². The Balaban J connectivity index is 2.41. The van der Waals surface area contributed by atoms with Gasteiger partial charge in [0.05, 0.1) is 18.1 Å². The van der Waals surface area contributed by atoms with Crippen LogP contribution in [0.1, 0.15) is 47.1 Å². The lowest BCUT2D eigenvalue weighted by Crippen LogP contribution is -2.52. The minimum Gasteiger partial charge on any atom is -0.481 e. The fourth-order valence-corrected chi connectivity index (χ4v) is 3.47. The largest absolute Gasteiger partial charge is 0.481 e. The molecule has 156 valence electrons. The number of amides is 1. The topological polar surface area (TPSA) is 96.3 Å². The van der Waals surface area contributed by atoms with Crippen molar-refractivity contribution in [1.29, 1.82) is 0 Å². The molecule has 1 heterocycles. The highest BCUT2D eigenvalue weighted by Crippen LogP contribution is 2.38. The summed E-state index contributed by atoms with van der Waals surface area (Å²) < 4.78 is 11.6. The van der Waals surface area contributed by atoms with E-state index in [1.54, 1.807) is 34.6 Å². The molecule has 0 aromatic heterocycles. The first-order valence-electron chi connectivity index (χ1n) is 9.48. The second kappa shape index (κ2) is 8.09. The fourth-order valence-electron chi connectivity index (χ4n) is 3.47. The van der Waals surface area contributed by atoms with Gasteiger partial charge in [0.1, 0.15) is 17.4 Å². The van der Waals surface area contributed by atoms with Gasteiger partial charge in [0.25, 0.3) is 0 Å². The van der Waals surface area contributed by atoms with E-state index in [1.807, 2.05) is 30.3 Å². The quantitative estimate of drug-likeness (QED) is 0.798. The van der Waals surface area contributed by atoms with Crippen LogP contribution in [0, 0.1) is 5.92 Å². The minimum absolute atomic E-state index is 0.400. The summed E-state index contributed by atoms with van der Waals surface area (Å²) in [6, 6.07) is 8.93. The maximum Gasteiger partial charge on any atom is 0.412 e. The SMILES string of the molecule is C[C@@H](C(=O)O)[C@@H](O)[C@@H]1OC(C)(C)N(C(=O)OC(C)(C)C)[C@H]1Cc1ccccc1. The molecule has 28 heavy (non-hydrogen) atoms. The third-order valence-electron chi connectivity index (χ3n) is 4.83. The van der Waals surface area contributed by atoms with Gasteiger partial charge >= 0.3 is 12.1 Å². The van der Waals surface area contributed by atoms with Crippen LogP contribution in [0.4, 0.5) is 4.79 Å². The second-order valence-corrected chi connectivity index (χ2v) is 8.75. The average molecular weight is 393 g/mol. The van der Waals surface area contributed by atoms with E-state index in [9.17, 15) is 19.8 Å². The maximum atomic E-state index is 13.0. The third-order valence-corrected chi connectivity index (χ3v) is 4.83. The Hall–Kier alpha value is -2.12. The average Bonchev–Trinajstić information content (AvgIpc) is 2.83. The minimum atomic E-state index is -1.28. The van der Waals surface area contributed by atoms with Crippen LogP contribution < -0.4 is 0 Å². The molecule has 1 amide bonds. The molecule has 4 atom stereocenters. The van der Waals surface area contributed by atoms with Gasteiger partial charge in [-0.2, -0.15) is 0 Å². The lowest BCUT2D eigenvalue weighted by molar-refractivity contribution is -0.153. The van der Waals surface area contributed by atoms with E-state index in [4.69, 9.17) is 9.47 Å². The van der Waals surface area contributed by atoms with Crippen molar-refractivity contribution in [2.75, 3.05) is 0 Å². The monoisotopic (exact) mass is 393 g/mol. The number of rotatable bonds is 5. The molecule has 1 aromatic rings. The van der Waals surface area contributed by atoms with Gasteiger partial charge in [0, 0.05) is 0 Å². The Morgan fingerprint density at radius 2 is 1.82 bits per heavy atom. The van der Waals surface area contributed by atoms with Gasteiger partial charge in [0.15, 0.2) is 0 Å². The molecular formula is C21H31NO6. The van der Waals surface area contributed by atoms with Crippen molar-refractivity contribution in [1.82, 2.24) is 4.90 Å². The molecular weight excluding hydrogens is 362 g/mol. The van der Waals surface area contributed by atoms with Crippen LogP contribution in [0.3, 0.4) is 0 Å². The summed E-state index contributed by atoms with van der Waals surface area (Å²) in [6.45, 7) is 10.2. The van der Waals surface area contributed by atoms with Gasteiger partial charge in [-0.05, 0) is 53.5 Å². The van der Waals surface area contributed by atoms with Crippen molar-refractivity contribution in [3.63, 3.8) is 0 Å². The maximum absolute atomic E-state index is 13.0. The Kier molecular flexibility index (Phi) is 6.41. The number of hydrogen-bond donors (Lipinski definition) is 2. The molecule has 0 spiro atoms. The van der Waals surface area contributed by atoms with Crippen molar-refractivity contribution in [3.8, 4) is 0 Å². The Morgan fingerprint density at radius 3 is 2.32 bits per heavy atom. The van der Waals surface area contributed by atoms with Gasteiger partial charge in [-0.15, -0.1) is 0 Å². The van der Waals surface area contributed by atoms with E-state index >= 15 is 0 Å². The molecule has 0 bridgehead atoms. The van der Waals surface area contributed by atoms with Crippen LogP contribution in [-0.2, 0) is 20.7 Å². The van der Waals surface area contributed by atoms with Crippen molar-refractivity contribution < 1.29 is 29.3 Å². The summed E-state index contributed by atoms with van der Waals surface area (Å²) in [4.78, 5) is 25.9. The second-order valence-electron chi connectivity index (χ2n) is 8.75. The highest BCUT2D eigenvalue weighted by Gasteiger charge is 2.54. The summed E-state index contributed by atoms with van der Waals surface area (Å²) in [5, 5.41) is 20.0. The van der Waals surface area contributed by atoms with Crippen LogP contribution >= 0.6 is 0 Å². The first-order valence-corrected chi connectivity index (χ1v) is 9.48. The molecule has 1 aromatic carbocycles. The first-order chi connectivity index (χ1) is 12.8. The predicted molar refractivity (Wildman–Crippen MR) is 104 cm³/mol. The molecule has 1 saturated heterocycles. The zero-order chi connectivity index (χ0) is 21.3. The summed E-state index contributed by atoms with van der Waals surface area (Å²) in [7, 11) is 0. The molecule has 0 saturated carbocycles. The number of aliphatic carboxylic acids is 1. The summed E-state index contributed by atoms with van der Waals surface area (Å²) >= 11 is 0. The van der Waals surface area contributed by atoms with Crippen molar-refractivity contribution in [2.45, 2.75) is 77.5 Å². The molecule has 1 fully saturated rings. The molecule has 1 aliphatic rings. The molecule has 7 nitrogen and oxygen atoms in total. The third kappa shape index (κ3) is 5.02. The van der Waals surface area contributed by atoms with E-state index in [0.717, 1.165) is 5.56 Å². The number of carboxylic acids is 1. The highest BCUT2D eigenvalue weighted by molar-refractivity contribution is 5.71. The van der Waals surface area contributed by atoms with E-state index in [2.05, 4.69) is 0 Å². The molecule has 0 unspecified atom stereocenters. The molecule has 0 aliphatic carbocycles. The number of aliphatic hydroxyl groups is 1. The van der Waals surface area contributed by atoms with E-state index < -0.39 is 47.6 Å². The normalized spacial score (nSPS) is 23.9. The number of hydrogen-bond acceptors (Lipinski definition) is 5. The number of carboxylic acid groups (broad SMARTS) is 1. The Labute approximate surface area is 166 Å². The number of nitrogens with zero attached hydrogens (tertiary/aromatic N) is 1. The zero-order valence-electron chi connectivity index (χ0n) is 17.4. The first kappa shape index (κ1) is 22.2. The molecule has 2 rings (SSSR count). The van der Waals surface area contributed by atoms with Crippen LogP contribution in [0.2, 0.25) is 0 Å². The van der Waals surface area contributed by atoms with E-state index in [1.165, 1.54) is 11.8 Å². The van der Waals surface area contributed by atoms with Crippen molar-refractivity contribution in [3.05, 3.63) is 35.9 Å². The van der Waals surface area contributed by atoms with Gasteiger partial charge in [-0.25, -0.2) is 4.79 Å². The van der Waals surface area contributed by atoms with Gasteiger partial charge in [-0.3, -0.25) is 9.69 Å². The van der Waals surface area contributed by atoms with E-state index in [-0.39, 0.29) is 0 Å². The zero-order valence-corrected chi connectivity index (χ0v) is 17.4.